The molecule has 1 aromatic heterocycles. The lowest BCUT2D eigenvalue weighted by Gasteiger charge is -2.46. The second kappa shape index (κ2) is 7.26. The Morgan fingerprint density at radius 2 is 1.92 bits per heavy atom. The van der Waals surface area contributed by atoms with E-state index >= 15 is 0 Å². The van der Waals surface area contributed by atoms with E-state index in [1.165, 1.54) is 51.6 Å². The SMILES string of the molecule is CN(C)C(=O)CC1CCC2(CC1)CCN(Cc1nccn1C)CC2. The molecule has 2 aliphatic rings. The standard InChI is InChI=1S/C19H32N4O/c1-21(2)18(24)14-16-4-6-19(7-5-16)8-11-23(12-9-19)15-17-20-10-13-22(17)3/h10,13,16H,4-9,11-12,14-15H2,1-3H3. The van der Waals surface area contributed by atoms with E-state index in [0.29, 0.717) is 17.2 Å². The number of aryl methyl sites for hydroxylation is 1. The van der Waals surface area contributed by atoms with E-state index in [0.717, 1.165) is 18.8 Å². The van der Waals surface area contributed by atoms with Gasteiger partial charge < -0.3 is 9.47 Å². The molecule has 134 valence electrons. The van der Waals surface area contributed by atoms with E-state index in [-0.39, 0.29) is 0 Å². The molecule has 0 N–H and O–H groups in total. The van der Waals surface area contributed by atoms with Crippen molar-refractivity contribution in [3.8, 4) is 0 Å². The van der Waals surface area contributed by atoms with Gasteiger partial charge in [0.05, 0.1) is 6.54 Å². The van der Waals surface area contributed by atoms with Crippen molar-refractivity contribution < 1.29 is 4.79 Å². The molecule has 1 saturated heterocycles. The third-order valence-electron chi connectivity index (χ3n) is 6.33. The van der Waals surface area contributed by atoms with Crippen LogP contribution < -0.4 is 0 Å². The zero-order chi connectivity index (χ0) is 17.2. The van der Waals surface area contributed by atoms with Gasteiger partial charge in [0.1, 0.15) is 5.82 Å². The van der Waals surface area contributed by atoms with Gasteiger partial charge in [-0.25, -0.2) is 4.98 Å². The molecular formula is C19H32N4O. The first-order valence-electron chi connectivity index (χ1n) is 9.36. The first-order valence-corrected chi connectivity index (χ1v) is 9.36. The molecule has 5 heteroatoms. The van der Waals surface area contributed by atoms with E-state index in [4.69, 9.17) is 0 Å². The summed E-state index contributed by atoms with van der Waals surface area (Å²) < 4.78 is 2.12. The molecular weight excluding hydrogens is 300 g/mol. The van der Waals surface area contributed by atoms with Crippen LogP contribution in [0.5, 0.6) is 0 Å². The lowest BCUT2D eigenvalue weighted by Crippen LogP contribution is -2.42. The average molecular weight is 332 g/mol. The van der Waals surface area contributed by atoms with Crippen LogP contribution in [0.4, 0.5) is 0 Å². The van der Waals surface area contributed by atoms with Gasteiger partial charge in [0, 0.05) is 40.0 Å². The van der Waals surface area contributed by atoms with Gasteiger partial charge in [0.25, 0.3) is 0 Å². The van der Waals surface area contributed by atoms with Gasteiger partial charge in [-0.2, -0.15) is 0 Å². The predicted molar refractivity (Wildman–Crippen MR) is 95.4 cm³/mol. The van der Waals surface area contributed by atoms with Crippen molar-refractivity contribution >= 4 is 5.91 Å². The Bertz CT molecular complexity index is 547. The third kappa shape index (κ3) is 4.00. The number of likely N-dealkylation sites (tertiary alicyclic amines) is 1. The van der Waals surface area contributed by atoms with E-state index in [9.17, 15) is 4.79 Å². The quantitative estimate of drug-likeness (QED) is 0.851. The maximum absolute atomic E-state index is 11.9. The van der Waals surface area contributed by atoms with Crippen molar-refractivity contribution in [1.29, 1.82) is 0 Å². The van der Waals surface area contributed by atoms with Crippen LogP contribution in [-0.2, 0) is 18.4 Å². The summed E-state index contributed by atoms with van der Waals surface area (Å²) in [5, 5.41) is 0. The molecule has 1 aliphatic heterocycles. The number of nitrogens with zero attached hydrogens (tertiary/aromatic N) is 4. The van der Waals surface area contributed by atoms with Gasteiger partial charge >= 0.3 is 0 Å². The summed E-state index contributed by atoms with van der Waals surface area (Å²) in [6.07, 6.45) is 12.4. The molecule has 0 aromatic carbocycles. The molecule has 5 nitrogen and oxygen atoms in total. The Morgan fingerprint density at radius 1 is 1.25 bits per heavy atom. The van der Waals surface area contributed by atoms with Crippen molar-refractivity contribution in [1.82, 2.24) is 19.4 Å². The fourth-order valence-corrected chi connectivity index (χ4v) is 4.36. The number of carbonyl (C=O) groups is 1. The van der Waals surface area contributed by atoms with E-state index in [1.807, 2.05) is 26.5 Å². The minimum Gasteiger partial charge on any atom is -0.349 e. The summed E-state index contributed by atoms with van der Waals surface area (Å²) in [4.78, 5) is 20.7. The van der Waals surface area contributed by atoms with Crippen molar-refractivity contribution in [3.63, 3.8) is 0 Å². The number of aromatic nitrogens is 2. The Labute approximate surface area is 146 Å². The Balaban J connectivity index is 1.45. The van der Waals surface area contributed by atoms with Crippen LogP contribution in [0.1, 0.15) is 50.8 Å². The van der Waals surface area contributed by atoms with Crippen LogP contribution in [-0.4, -0.2) is 52.4 Å². The van der Waals surface area contributed by atoms with Crippen LogP contribution in [0.2, 0.25) is 0 Å². The first-order chi connectivity index (χ1) is 11.5. The second-order valence-electron chi connectivity index (χ2n) is 8.17. The largest absolute Gasteiger partial charge is 0.349 e. The van der Waals surface area contributed by atoms with E-state index in [1.54, 1.807) is 4.90 Å². The summed E-state index contributed by atoms with van der Waals surface area (Å²) in [6, 6.07) is 0. The number of hydrogen-bond donors (Lipinski definition) is 0. The summed E-state index contributed by atoms with van der Waals surface area (Å²) in [6.45, 7) is 3.35. The molecule has 24 heavy (non-hydrogen) atoms. The van der Waals surface area contributed by atoms with Crippen LogP contribution in [0.25, 0.3) is 0 Å². The zero-order valence-corrected chi connectivity index (χ0v) is 15.5. The van der Waals surface area contributed by atoms with Gasteiger partial charge in [0.15, 0.2) is 0 Å². The molecule has 0 bridgehead atoms. The predicted octanol–water partition coefficient (Wildman–Crippen LogP) is 2.67. The Kier molecular flexibility index (Phi) is 5.28. The molecule has 0 atom stereocenters. The smallest absolute Gasteiger partial charge is 0.222 e. The molecule has 1 spiro atoms. The molecule has 1 aromatic rings. The maximum Gasteiger partial charge on any atom is 0.222 e. The summed E-state index contributed by atoms with van der Waals surface area (Å²) in [7, 11) is 5.80. The minimum atomic E-state index is 0.292. The van der Waals surface area contributed by atoms with Crippen molar-refractivity contribution in [2.24, 2.45) is 18.4 Å². The van der Waals surface area contributed by atoms with E-state index in [2.05, 4.69) is 21.5 Å². The molecule has 3 rings (SSSR count). The van der Waals surface area contributed by atoms with E-state index < -0.39 is 0 Å². The lowest BCUT2D eigenvalue weighted by atomic mass is 9.65. The summed E-state index contributed by atoms with van der Waals surface area (Å²) in [5.41, 5.74) is 0.551. The Morgan fingerprint density at radius 3 is 2.46 bits per heavy atom. The number of imidazole rings is 1. The van der Waals surface area contributed by atoms with Gasteiger partial charge in [-0.05, 0) is 62.9 Å². The highest BCUT2D eigenvalue weighted by Gasteiger charge is 2.38. The van der Waals surface area contributed by atoms with Gasteiger partial charge in [-0.15, -0.1) is 0 Å². The van der Waals surface area contributed by atoms with Crippen LogP contribution in [0, 0.1) is 11.3 Å². The van der Waals surface area contributed by atoms with Crippen LogP contribution in [0.3, 0.4) is 0 Å². The number of rotatable bonds is 4. The number of piperidine rings is 1. The van der Waals surface area contributed by atoms with Crippen LogP contribution in [0.15, 0.2) is 12.4 Å². The monoisotopic (exact) mass is 332 g/mol. The number of amides is 1. The minimum absolute atomic E-state index is 0.292. The van der Waals surface area contributed by atoms with Gasteiger partial charge in [0.2, 0.25) is 5.91 Å². The molecule has 2 fully saturated rings. The topological polar surface area (TPSA) is 41.4 Å². The van der Waals surface area contributed by atoms with Gasteiger partial charge in [-0.3, -0.25) is 9.69 Å². The fraction of sp³-hybridized carbons (Fsp3) is 0.789. The molecule has 1 amide bonds. The lowest BCUT2D eigenvalue weighted by molar-refractivity contribution is -0.130. The highest BCUT2D eigenvalue weighted by molar-refractivity contribution is 5.75. The number of hydrogen-bond acceptors (Lipinski definition) is 3. The maximum atomic E-state index is 11.9. The molecule has 1 aliphatic carbocycles. The highest BCUT2D eigenvalue weighted by Crippen LogP contribution is 2.47. The zero-order valence-electron chi connectivity index (χ0n) is 15.5. The summed E-state index contributed by atoms with van der Waals surface area (Å²) in [5.74, 6) is 2.06. The fourth-order valence-electron chi connectivity index (χ4n) is 4.36. The van der Waals surface area contributed by atoms with Crippen molar-refractivity contribution in [2.75, 3.05) is 27.2 Å². The van der Waals surface area contributed by atoms with Crippen molar-refractivity contribution in [3.05, 3.63) is 18.2 Å². The molecule has 0 radical (unpaired) electrons. The molecule has 1 saturated carbocycles. The normalized spacial score (nSPS) is 22.0. The second-order valence-corrected chi connectivity index (χ2v) is 8.17. The number of carbonyl (C=O) groups excluding carboxylic acids is 1. The average Bonchev–Trinajstić information content (AvgIpc) is 2.97. The van der Waals surface area contributed by atoms with Crippen LogP contribution >= 0.6 is 0 Å². The molecule has 0 unspecified atom stereocenters. The van der Waals surface area contributed by atoms with Crippen molar-refractivity contribution in [2.45, 2.75) is 51.5 Å². The molecule has 2 heterocycles. The Hall–Kier alpha value is -1.36. The summed E-state index contributed by atoms with van der Waals surface area (Å²) >= 11 is 0. The van der Waals surface area contributed by atoms with Gasteiger partial charge in [-0.1, -0.05) is 0 Å². The first kappa shape index (κ1) is 17.5. The third-order valence-corrected chi connectivity index (χ3v) is 6.33. The highest BCUT2D eigenvalue weighted by atomic mass is 16.2.